The number of nitro benzene ring substituents is 2. The van der Waals surface area contributed by atoms with Crippen LogP contribution in [-0.4, -0.2) is 31.1 Å². The van der Waals surface area contributed by atoms with Crippen molar-refractivity contribution in [3.8, 4) is 0 Å². The summed E-state index contributed by atoms with van der Waals surface area (Å²) in [5, 5.41) is 36.6. The van der Waals surface area contributed by atoms with Crippen LogP contribution in [0.4, 0.5) is 11.4 Å². The summed E-state index contributed by atoms with van der Waals surface area (Å²) in [5.41, 5.74) is 0.0624. The minimum atomic E-state index is -1.46. The smallest absolute Gasteiger partial charge is 0.336 e. The molecule has 0 aliphatic carbocycles. The summed E-state index contributed by atoms with van der Waals surface area (Å²) in [5.74, 6) is -1.46. The van der Waals surface area contributed by atoms with Gasteiger partial charge in [-0.2, -0.15) is 5.10 Å². The van der Waals surface area contributed by atoms with Gasteiger partial charge < -0.3 is 5.11 Å². The summed E-state index contributed by atoms with van der Waals surface area (Å²) in [7, 11) is 0. The van der Waals surface area contributed by atoms with Crippen LogP contribution in [0, 0.1) is 34.1 Å². The molecule has 0 bridgehead atoms. The van der Waals surface area contributed by atoms with Gasteiger partial charge in [-0.15, -0.1) is 0 Å². The van der Waals surface area contributed by atoms with E-state index >= 15 is 0 Å². The molecule has 1 aromatic carbocycles. The Balaban J connectivity index is 0.000000277. The van der Waals surface area contributed by atoms with Crippen LogP contribution in [0.25, 0.3) is 0 Å². The van der Waals surface area contributed by atoms with Crippen molar-refractivity contribution in [3.05, 3.63) is 60.4 Å². The van der Waals surface area contributed by atoms with Crippen LogP contribution in [0.2, 0.25) is 5.02 Å². The Morgan fingerprint density at radius 3 is 1.87 bits per heavy atom. The van der Waals surface area contributed by atoms with Crippen molar-refractivity contribution in [1.29, 1.82) is 0 Å². The first-order valence-electron chi connectivity index (χ1n) is 5.97. The van der Waals surface area contributed by atoms with E-state index in [1.54, 1.807) is 0 Å². The number of aryl methyl sites for hydroxylation is 2. The van der Waals surface area contributed by atoms with E-state index < -0.39 is 32.8 Å². The zero-order valence-corrected chi connectivity index (χ0v) is 12.7. The van der Waals surface area contributed by atoms with Crippen LogP contribution in [-0.2, 0) is 0 Å². The van der Waals surface area contributed by atoms with E-state index in [0.29, 0.717) is 6.07 Å². The first kappa shape index (κ1) is 18.0. The summed E-state index contributed by atoms with van der Waals surface area (Å²) < 4.78 is 0. The predicted octanol–water partition coefficient (Wildman–Crippen LogP) is 2.88. The Morgan fingerprint density at radius 1 is 1.17 bits per heavy atom. The number of halogens is 1. The molecular formula is C12H11ClN4O6. The molecule has 0 spiro atoms. The van der Waals surface area contributed by atoms with Crippen LogP contribution in [0.5, 0.6) is 0 Å². The SMILES string of the molecule is Cc1n[nH]c(C)c1Cl.O=C(O)c1cc([N+](=O)[O-])cc([N+](=O)[O-])c1. The zero-order chi connectivity index (χ0) is 17.7. The van der Waals surface area contributed by atoms with E-state index in [-0.39, 0.29) is 0 Å². The molecule has 0 unspecified atom stereocenters. The number of aromatic nitrogens is 2. The van der Waals surface area contributed by atoms with Crippen molar-refractivity contribution in [2.45, 2.75) is 13.8 Å². The summed E-state index contributed by atoms with van der Waals surface area (Å²) in [4.78, 5) is 29.4. The molecule has 10 nitrogen and oxygen atoms in total. The van der Waals surface area contributed by atoms with E-state index in [4.69, 9.17) is 16.7 Å². The number of aromatic amines is 1. The average molecular weight is 343 g/mol. The van der Waals surface area contributed by atoms with Crippen molar-refractivity contribution in [2.75, 3.05) is 0 Å². The van der Waals surface area contributed by atoms with E-state index in [1.165, 1.54) is 0 Å². The van der Waals surface area contributed by atoms with Gasteiger partial charge in [0.05, 0.1) is 37.9 Å². The summed E-state index contributed by atoms with van der Waals surface area (Å²) in [6, 6.07) is 2.22. The first-order chi connectivity index (χ1) is 10.6. The second-order valence-corrected chi connectivity index (χ2v) is 4.68. The largest absolute Gasteiger partial charge is 0.478 e. The Labute approximate surface area is 134 Å². The number of nitrogens with one attached hydrogen (secondary N) is 1. The van der Waals surface area contributed by atoms with Crippen LogP contribution in [0.15, 0.2) is 18.2 Å². The van der Waals surface area contributed by atoms with Gasteiger partial charge in [-0.1, -0.05) is 11.6 Å². The molecule has 122 valence electrons. The maximum absolute atomic E-state index is 10.5. The highest BCUT2D eigenvalue weighted by atomic mass is 35.5. The molecule has 2 aromatic rings. The number of rotatable bonds is 3. The molecule has 1 aromatic heterocycles. The number of carbonyl (C=O) groups is 1. The Bertz CT molecular complexity index is 674. The normalized spacial score (nSPS) is 9.70. The van der Waals surface area contributed by atoms with Crippen molar-refractivity contribution in [1.82, 2.24) is 10.2 Å². The highest BCUT2D eigenvalue weighted by molar-refractivity contribution is 6.31. The highest BCUT2D eigenvalue weighted by Gasteiger charge is 2.19. The van der Waals surface area contributed by atoms with Crippen molar-refractivity contribution in [2.24, 2.45) is 0 Å². The monoisotopic (exact) mass is 342 g/mol. The van der Waals surface area contributed by atoms with Gasteiger partial charge in [0.15, 0.2) is 0 Å². The fourth-order valence-corrected chi connectivity index (χ4v) is 1.55. The Kier molecular flexibility index (Phi) is 5.74. The number of benzene rings is 1. The lowest BCUT2D eigenvalue weighted by Crippen LogP contribution is -2.00. The van der Waals surface area contributed by atoms with Gasteiger partial charge in [0.1, 0.15) is 0 Å². The molecule has 0 aliphatic rings. The molecule has 2 rings (SSSR count). The maximum Gasteiger partial charge on any atom is 0.336 e. The lowest BCUT2D eigenvalue weighted by Gasteiger charge is -1.96. The Morgan fingerprint density at radius 2 is 1.65 bits per heavy atom. The molecule has 23 heavy (non-hydrogen) atoms. The molecule has 0 fully saturated rings. The molecule has 2 N–H and O–H groups in total. The molecule has 11 heteroatoms. The number of hydrogen-bond donors (Lipinski definition) is 2. The third-order valence-corrected chi connectivity index (χ3v) is 3.17. The topological polar surface area (TPSA) is 152 Å². The maximum atomic E-state index is 10.5. The van der Waals surface area contributed by atoms with Gasteiger partial charge in [-0.3, -0.25) is 25.3 Å². The van der Waals surface area contributed by atoms with Crippen molar-refractivity contribution in [3.63, 3.8) is 0 Å². The summed E-state index contributed by atoms with van der Waals surface area (Å²) >= 11 is 5.70. The highest BCUT2D eigenvalue weighted by Crippen LogP contribution is 2.22. The third kappa shape index (κ3) is 4.74. The number of hydrogen-bond acceptors (Lipinski definition) is 6. The number of aromatic carboxylic acids is 1. The van der Waals surface area contributed by atoms with Crippen LogP contribution in [0.3, 0.4) is 0 Å². The predicted molar refractivity (Wildman–Crippen MR) is 79.8 cm³/mol. The summed E-state index contributed by atoms with van der Waals surface area (Å²) in [6.07, 6.45) is 0. The molecular weight excluding hydrogens is 332 g/mol. The van der Waals surface area contributed by atoms with Crippen LogP contribution in [0.1, 0.15) is 21.7 Å². The molecule has 0 saturated carbocycles. The van der Waals surface area contributed by atoms with Gasteiger partial charge in [0, 0.05) is 12.1 Å². The van der Waals surface area contributed by atoms with E-state index in [2.05, 4.69) is 10.2 Å². The quantitative estimate of drug-likeness (QED) is 0.642. The third-order valence-electron chi connectivity index (χ3n) is 2.61. The van der Waals surface area contributed by atoms with Gasteiger partial charge in [-0.05, 0) is 13.8 Å². The van der Waals surface area contributed by atoms with Gasteiger partial charge >= 0.3 is 5.97 Å². The average Bonchev–Trinajstić information content (AvgIpc) is 2.78. The molecule has 0 saturated heterocycles. The van der Waals surface area contributed by atoms with Crippen molar-refractivity contribution < 1.29 is 19.7 Å². The number of non-ortho nitro benzene ring substituents is 2. The summed E-state index contributed by atoms with van der Waals surface area (Å²) in [6.45, 7) is 3.76. The van der Waals surface area contributed by atoms with E-state index in [1.807, 2.05) is 13.8 Å². The van der Waals surface area contributed by atoms with Gasteiger partial charge in [0.25, 0.3) is 11.4 Å². The zero-order valence-electron chi connectivity index (χ0n) is 11.9. The fraction of sp³-hybridized carbons (Fsp3) is 0.167. The van der Waals surface area contributed by atoms with Gasteiger partial charge in [0.2, 0.25) is 0 Å². The molecule has 0 radical (unpaired) electrons. The van der Waals surface area contributed by atoms with Crippen LogP contribution >= 0.6 is 11.6 Å². The molecule has 0 amide bonds. The van der Waals surface area contributed by atoms with Crippen LogP contribution < -0.4 is 0 Å². The second-order valence-electron chi connectivity index (χ2n) is 4.31. The minimum absolute atomic E-state index is 0.490. The molecule has 0 atom stereocenters. The molecule has 1 heterocycles. The van der Waals surface area contributed by atoms with Crippen molar-refractivity contribution >= 4 is 28.9 Å². The second kappa shape index (κ2) is 7.31. The lowest BCUT2D eigenvalue weighted by atomic mass is 10.2. The Hall–Kier alpha value is -3.01. The van der Waals surface area contributed by atoms with E-state index in [0.717, 1.165) is 28.5 Å². The number of nitro groups is 2. The lowest BCUT2D eigenvalue weighted by molar-refractivity contribution is -0.394. The number of carboxylic acids is 1. The number of nitrogens with zero attached hydrogens (tertiary/aromatic N) is 3. The minimum Gasteiger partial charge on any atom is -0.478 e. The fourth-order valence-electron chi connectivity index (χ4n) is 1.47. The molecule has 0 aliphatic heterocycles. The van der Waals surface area contributed by atoms with Gasteiger partial charge in [-0.25, -0.2) is 4.79 Å². The number of carboxylic acid groups (broad SMARTS) is 1. The first-order valence-corrected chi connectivity index (χ1v) is 6.35. The van der Waals surface area contributed by atoms with E-state index in [9.17, 15) is 25.0 Å². The number of H-pyrrole nitrogens is 1. The standard InChI is InChI=1S/C7H4N2O6.C5H7ClN2/c10-7(11)4-1-5(8(12)13)3-6(2-4)9(14)15;1-3-5(6)4(2)8-7-3/h1-3H,(H,10,11);1-2H3,(H,7,8).